The van der Waals surface area contributed by atoms with Gasteiger partial charge >= 0.3 is 12.1 Å². The van der Waals surface area contributed by atoms with Gasteiger partial charge in [-0.1, -0.05) is 44.2 Å². The lowest BCUT2D eigenvalue weighted by Crippen LogP contribution is -2.59. The van der Waals surface area contributed by atoms with Crippen LogP contribution in [0.4, 0.5) is 4.79 Å². The predicted octanol–water partition coefficient (Wildman–Crippen LogP) is 2.11. The summed E-state index contributed by atoms with van der Waals surface area (Å²) in [5.74, 6) is -3.49. The summed E-state index contributed by atoms with van der Waals surface area (Å²) in [6.45, 7) is 11.2. The number of carboxylic acids is 1. The number of ether oxygens (including phenoxy) is 2. The predicted molar refractivity (Wildman–Crippen MR) is 151 cm³/mol. The second kappa shape index (κ2) is 15.4. The summed E-state index contributed by atoms with van der Waals surface area (Å²) >= 11 is 0. The van der Waals surface area contributed by atoms with Crippen molar-refractivity contribution < 1.29 is 38.6 Å². The molecule has 0 aliphatic carbocycles. The molecule has 228 valence electrons. The molecule has 0 aromatic heterocycles. The van der Waals surface area contributed by atoms with Gasteiger partial charge in [-0.3, -0.25) is 14.4 Å². The van der Waals surface area contributed by atoms with Crippen molar-refractivity contribution in [2.75, 3.05) is 6.54 Å². The molecular formula is C29H44N4O8. The van der Waals surface area contributed by atoms with Gasteiger partial charge in [0.1, 0.15) is 24.7 Å². The van der Waals surface area contributed by atoms with Gasteiger partial charge in [-0.15, -0.1) is 0 Å². The summed E-state index contributed by atoms with van der Waals surface area (Å²) in [6.07, 6.45) is -1.04. The number of carboxylic acid groups (broad SMARTS) is 1. The highest BCUT2D eigenvalue weighted by Crippen LogP contribution is 2.18. The van der Waals surface area contributed by atoms with Crippen LogP contribution in [-0.4, -0.2) is 71.3 Å². The second-order valence-electron chi connectivity index (χ2n) is 11.7. The van der Waals surface area contributed by atoms with Crippen molar-refractivity contribution in [3.8, 4) is 0 Å². The highest BCUT2D eigenvalue weighted by Gasteiger charge is 2.36. The van der Waals surface area contributed by atoms with Crippen molar-refractivity contribution in [2.45, 2.75) is 97.2 Å². The topological polar surface area (TPSA) is 172 Å². The molecular weight excluding hydrogens is 532 g/mol. The van der Waals surface area contributed by atoms with Crippen LogP contribution in [-0.2, 0) is 35.3 Å². The van der Waals surface area contributed by atoms with E-state index in [1.165, 1.54) is 0 Å². The highest BCUT2D eigenvalue weighted by atomic mass is 16.6. The fourth-order valence-electron chi connectivity index (χ4n) is 4.53. The van der Waals surface area contributed by atoms with Gasteiger partial charge in [-0.05, 0) is 58.4 Å². The molecule has 5 N–H and O–H groups in total. The quantitative estimate of drug-likeness (QED) is 0.224. The zero-order chi connectivity index (χ0) is 30.7. The maximum absolute atomic E-state index is 13.5. The first-order valence-electron chi connectivity index (χ1n) is 13.9. The van der Waals surface area contributed by atoms with Crippen LogP contribution in [0, 0.1) is 11.8 Å². The molecule has 1 heterocycles. The van der Waals surface area contributed by atoms with Crippen LogP contribution in [0.3, 0.4) is 0 Å². The van der Waals surface area contributed by atoms with Gasteiger partial charge in [0.05, 0.1) is 11.7 Å². The van der Waals surface area contributed by atoms with Crippen LogP contribution >= 0.6 is 0 Å². The van der Waals surface area contributed by atoms with Crippen molar-refractivity contribution in [3.63, 3.8) is 0 Å². The van der Waals surface area contributed by atoms with Crippen LogP contribution in [0.15, 0.2) is 30.3 Å². The van der Waals surface area contributed by atoms with E-state index in [4.69, 9.17) is 9.47 Å². The highest BCUT2D eigenvalue weighted by molar-refractivity contribution is 5.93. The Morgan fingerprint density at radius 3 is 2.17 bits per heavy atom. The van der Waals surface area contributed by atoms with Crippen LogP contribution in [0.2, 0.25) is 0 Å². The lowest BCUT2D eigenvalue weighted by molar-refractivity contribution is -0.143. The van der Waals surface area contributed by atoms with Crippen LogP contribution in [0.25, 0.3) is 0 Å². The summed E-state index contributed by atoms with van der Waals surface area (Å²) in [6, 6.07) is 5.40. The number of nitrogens with one attached hydrogen (secondary N) is 4. The lowest BCUT2D eigenvalue weighted by Gasteiger charge is -2.32. The SMILES string of the molecule is CC(C)CC(NC(=O)C(NC(=O)OCc1ccccc1)[C@@H](C)OC(C)(C)C)C(=O)NC(C[C@@H]1CCNC1=O)C(=O)O. The monoisotopic (exact) mass is 576 g/mol. The molecule has 0 radical (unpaired) electrons. The summed E-state index contributed by atoms with van der Waals surface area (Å²) in [4.78, 5) is 63.3. The van der Waals surface area contributed by atoms with E-state index < -0.39 is 59.6 Å². The lowest BCUT2D eigenvalue weighted by atomic mass is 9.97. The van der Waals surface area contributed by atoms with E-state index in [0.29, 0.717) is 13.0 Å². The number of amides is 4. The number of hydrogen-bond donors (Lipinski definition) is 5. The summed E-state index contributed by atoms with van der Waals surface area (Å²) < 4.78 is 11.2. The van der Waals surface area contributed by atoms with E-state index in [1.807, 2.05) is 32.0 Å². The Labute approximate surface area is 241 Å². The van der Waals surface area contributed by atoms with Crippen LogP contribution in [0.1, 0.15) is 66.4 Å². The molecule has 1 saturated heterocycles. The fourth-order valence-corrected chi connectivity index (χ4v) is 4.53. The molecule has 1 aromatic rings. The molecule has 12 nitrogen and oxygen atoms in total. The van der Waals surface area contributed by atoms with E-state index in [2.05, 4.69) is 21.3 Å². The molecule has 41 heavy (non-hydrogen) atoms. The normalized spacial score (nSPS) is 18.0. The molecule has 5 atom stereocenters. The average Bonchev–Trinajstić information content (AvgIpc) is 3.28. The number of alkyl carbamates (subject to hydrolysis) is 1. The van der Waals surface area contributed by atoms with Gasteiger partial charge in [-0.2, -0.15) is 0 Å². The van der Waals surface area contributed by atoms with Crippen molar-refractivity contribution in [2.24, 2.45) is 11.8 Å². The van der Waals surface area contributed by atoms with E-state index in [0.717, 1.165) is 5.56 Å². The molecule has 2 rings (SSSR count). The van der Waals surface area contributed by atoms with Gasteiger partial charge in [0.25, 0.3) is 0 Å². The minimum atomic E-state index is -1.31. The number of benzene rings is 1. The first-order valence-corrected chi connectivity index (χ1v) is 13.9. The van der Waals surface area contributed by atoms with E-state index in [-0.39, 0.29) is 31.3 Å². The molecule has 1 aliphatic heterocycles. The van der Waals surface area contributed by atoms with Crippen molar-refractivity contribution in [1.29, 1.82) is 0 Å². The standard InChI is InChI=1S/C29H44N4O8/c1-17(2)14-21(25(35)32-22(27(37)38)15-20-12-13-30-24(20)34)31-26(36)23(18(3)41-29(4,5)6)33-28(39)40-16-19-10-8-7-9-11-19/h7-11,17-18,20-23H,12-16H2,1-6H3,(H,30,34)(H,31,36)(H,32,35)(H,33,39)(H,37,38)/t18-,20+,21?,22?,23?/m1/s1. The van der Waals surface area contributed by atoms with Crippen LogP contribution in [0.5, 0.6) is 0 Å². The average molecular weight is 577 g/mol. The summed E-state index contributed by atoms with van der Waals surface area (Å²) in [5, 5.41) is 20.1. The first kappa shape index (κ1) is 33.5. The smallest absolute Gasteiger partial charge is 0.408 e. The fraction of sp³-hybridized carbons (Fsp3) is 0.621. The number of carbonyl (C=O) groups is 5. The first-order chi connectivity index (χ1) is 19.2. The maximum Gasteiger partial charge on any atom is 0.408 e. The van der Waals surface area contributed by atoms with Crippen molar-refractivity contribution in [1.82, 2.24) is 21.3 Å². The number of hydrogen-bond acceptors (Lipinski definition) is 7. The number of carbonyl (C=O) groups excluding carboxylic acids is 4. The molecule has 0 saturated carbocycles. The minimum absolute atomic E-state index is 0.0104. The van der Waals surface area contributed by atoms with Gasteiger partial charge in [0.15, 0.2) is 0 Å². The molecule has 1 fully saturated rings. The zero-order valence-electron chi connectivity index (χ0n) is 24.7. The third-order valence-electron chi connectivity index (χ3n) is 6.42. The van der Waals surface area contributed by atoms with Crippen LogP contribution < -0.4 is 21.3 Å². The van der Waals surface area contributed by atoms with Crippen molar-refractivity contribution >= 4 is 29.8 Å². The molecule has 1 aliphatic rings. The Balaban J connectivity index is 2.16. The van der Waals surface area contributed by atoms with E-state index in [1.54, 1.807) is 39.8 Å². The Hall–Kier alpha value is -3.67. The molecule has 0 bridgehead atoms. The summed E-state index contributed by atoms with van der Waals surface area (Å²) in [5.41, 5.74) is 0.114. The van der Waals surface area contributed by atoms with E-state index >= 15 is 0 Å². The molecule has 0 spiro atoms. The van der Waals surface area contributed by atoms with Crippen molar-refractivity contribution in [3.05, 3.63) is 35.9 Å². The molecule has 1 aromatic carbocycles. The molecule has 3 unspecified atom stereocenters. The number of aliphatic carboxylic acids is 1. The number of rotatable bonds is 14. The second-order valence-corrected chi connectivity index (χ2v) is 11.7. The van der Waals surface area contributed by atoms with Gasteiger partial charge in [0.2, 0.25) is 17.7 Å². The molecule has 12 heteroatoms. The zero-order valence-corrected chi connectivity index (χ0v) is 24.7. The Bertz CT molecular complexity index is 1060. The minimum Gasteiger partial charge on any atom is -0.480 e. The van der Waals surface area contributed by atoms with E-state index in [9.17, 15) is 29.1 Å². The third-order valence-corrected chi connectivity index (χ3v) is 6.42. The maximum atomic E-state index is 13.5. The molecule has 4 amide bonds. The van der Waals surface area contributed by atoms with Gasteiger partial charge in [0, 0.05) is 12.5 Å². The Morgan fingerprint density at radius 1 is 1.00 bits per heavy atom. The third kappa shape index (κ3) is 11.8. The van der Waals surface area contributed by atoms with Gasteiger partial charge < -0.3 is 35.8 Å². The Morgan fingerprint density at radius 2 is 1.63 bits per heavy atom. The Kier molecular flexibility index (Phi) is 12.6. The summed E-state index contributed by atoms with van der Waals surface area (Å²) in [7, 11) is 0. The largest absolute Gasteiger partial charge is 0.480 e. The van der Waals surface area contributed by atoms with Gasteiger partial charge in [-0.25, -0.2) is 9.59 Å².